The smallest absolute Gasteiger partial charge is 0.507 e. The maximum absolute atomic E-state index is 12.5. The Morgan fingerprint density at radius 3 is 2.00 bits per heavy atom. The van der Waals surface area contributed by atoms with Crippen molar-refractivity contribution in [1.29, 1.82) is 0 Å². The number of nitrogens with one attached hydrogen (secondary N) is 2. The predicted octanol–water partition coefficient (Wildman–Crippen LogP) is 1.91. The third-order valence-corrected chi connectivity index (χ3v) is 6.70. The van der Waals surface area contributed by atoms with E-state index in [0.717, 1.165) is 23.1 Å². The number of carbonyl (C=O) groups is 1. The minimum Gasteiger partial charge on any atom is -0.638 e. The van der Waals surface area contributed by atoms with E-state index in [0.29, 0.717) is 18.0 Å². The Bertz CT molecular complexity index is 2070. The van der Waals surface area contributed by atoms with E-state index < -0.39 is 6.48 Å². The summed E-state index contributed by atoms with van der Waals surface area (Å²) in [6, 6.07) is 33.0. The largest absolute Gasteiger partial charge is 0.638 e. The maximum Gasteiger partial charge on any atom is 0.507 e. The van der Waals surface area contributed by atoms with Gasteiger partial charge in [0.05, 0.1) is 0 Å². The Hall–Kier alpha value is -6.81. The molecule has 0 aliphatic carbocycles. The summed E-state index contributed by atoms with van der Waals surface area (Å²) >= 11 is 0. The van der Waals surface area contributed by atoms with Gasteiger partial charge in [-0.15, -0.1) is 0 Å². The number of Topliss-reactive ketones (excluding diaryl/α,β-unsaturated/α-hetero) is 1. The molecule has 228 valence electrons. The van der Waals surface area contributed by atoms with Crippen LogP contribution in [0.3, 0.4) is 0 Å². The van der Waals surface area contributed by atoms with Crippen LogP contribution >= 0.6 is 0 Å². The van der Waals surface area contributed by atoms with Crippen molar-refractivity contribution in [2.45, 2.75) is 27.2 Å². The zero-order chi connectivity index (χ0) is 34.3. The standard InChI is InChI=1S/C26H27BN2O2.C15H4BN/c1-20-25(21(2)30)26(28-19-18-22-12-6-3-7-13-22)31-27(29-20,23-14-8-4-9-15-23)24-16-10-5-11-17-24;1-3-5-7-9-11-13-15-17-16-14-12-10-8-6-4-2/h3-17,28-29H,18-19H2,1-2H3;1H,2H3. The van der Waals surface area contributed by atoms with Gasteiger partial charge >= 0.3 is 109 Å². The molecule has 4 rings (SSSR count). The van der Waals surface area contributed by atoms with Crippen LogP contribution in [-0.4, -0.2) is 31.6 Å². The van der Waals surface area contributed by atoms with E-state index in [1.165, 1.54) is 12.6 Å². The molecule has 0 saturated heterocycles. The molecule has 0 fully saturated rings. The third kappa shape index (κ3) is 11.3. The molecular formula is C41H31B2N3O2. The van der Waals surface area contributed by atoms with Crippen LogP contribution in [0.25, 0.3) is 0 Å². The molecule has 0 unspecified atom stereocenters. The topological polar surface area (TPSA) is 64.7 Å². The number of ketones is 1. The zero-order valence-electron chi connectivity index (χ0n) is 27.1. The molecule has 0 bridgehead atoms. The molecule has 48 heavy (non-hydrogen) atoms. The van der Waals surface area contributed by atoms with Crippen molar-refractivity contribution in [2.24, 2.45) is 4.90 Å². The second kappa shape index (κ2) is 20.3. The van der Waals surface area contributed by atoms with E-state index in [2.05, 4.69) is 129 Å². The molecule has 0 atom stereocenters. The normalized spacial score (nSPS) is 11.4. The van der Waals surface area contributed by atoms with Crippen LogP contribution in [0.1, 0.15) is 26.3 Å². The second-order valence-electron chi connectivity index (χ2n) is 9.95. The first-order valence-corrected chi connectivity index (χ1v) is 15.0. The molecule has 1 heterocycles. The summed E-state index contributed by atoms with van der Waals surface area (Å²) in [5.41, 5.74) is 4.67. The summed E-state index contributed by atoms with van der Waals surface area (Å²) in [5, 5.41) is 3.42. The summed E-state index contributed by atoms with van der Waals surface area (Å²) in [5.74, 6) is 30.0. The van der Waals surface area contributed by atoms with Crippen LogP contribution in [-0.2, 0) is 15.9 Å². The summed E-state index contributed by atoms with van der Waals surface area (Å²) in [6.07, 6.45) is 5.72. The predicted molar refractivity (Wildman–Crippen MR) is 196 cm³/mol. The number of nitrogens with zero attached hydrogens (tertiary/aromatic N) is 1. The number of hydrogen-bond donors (Lipinski definition) is 2. The zero-order valence-corrected chi connectivity index (χ0v) is 27.1. The summed E-state index contributed by atoms with van der Waals surface area (Å²) in [7, 11) is 1.33. The number of hydrogen-bond acceptors (Lipinski definition) is 4. The molecular weight excluding hydrogens is 588 g/mol. The summed E-state index contributed by atoms with van der Waals surface area (Å²) in [4.78, 5) is 19.7. The van der Waals surface area contributed by atoms with Crippen molar-refractivity contribution in [3.8, 4) is 83.4 Å². The van der Waals surface area contributed by atoms with E-state index in [1.54, 1.807) is 13.8 Å². The molecule has 0 radical (unpaired) electrons. The second-order valence-corrected chi connectivity index (χ2v) is 9.95. The fraction of sp³-hybridized carbons (Fsp3) is 0.122. The van der Waals surface area contributed by atoms with Crippen LogP contribution in [0.15, 0.2) is 107 Å². The Labute approximate surface area is 285 Å². The molecule has 1 aliphatic rings. The van der Waals surface area contributed by atoms with Crippen LogP contribution < -0.4 is 21.1 Å². The van der Waals surface area contributed by atoms with Gasteiger partial charge in [0.2, 0.25) is 0 Å². The van der Waals surface area contributed by atoms with Gasteiger partial charge < -0.3 is 14.9 Å². The molecule has 3 aromatic rings. The first-order chi connectivity index (χ1) is 23.5. The Morgan fingerprint density at radius 1 is 0.833 bits per heavy atom. The average Bonchev–Trinajstić information content (AvgIpc) is 3.11. The Balaban J connectivity index is 0.000000315. The van der Waals surface area contributed by atoms with Crippen molar-refractivity contribution < 1.29 is 14.4 Å². The number of rotatable bonds is 7. The van der Waals surface area contributed by atoms with Crippen molar-refractivity contribution in [2.75, 3.05) is 6.54 Å². The van der Waals surface area contributed by atoms with Gasteiger partial charge in [-0.2, -0.15) is 0 Å². The van der Waals surface area contributed by atoms with Gasteiger partial charge in [0.15, 0.2) is 11.7 Å². The minimum absolute atomic E-state index is 0.0299. The number of benzene rings is 3. The fourth-order valence-electron chi connectivity index (χ4n) is 4.72. The van der Waals surface area contributed by atoms with Gasteiger partial charge in [-0.1, -0.05) is 102 Å². The third-order valence-electron chi connectivity index (χ3n) is 6.70. The molecule has 3 aromatic carbocycles. The van der Waals surface area contributed by atoms with Gasteiger partial charge in [0, 0.05) is 13.5 Å². The molecule has 2 N–H and O–H groups in total. The number of carbonyl (C=O) groups excluding carboxylic acids is 1. The first-order valence-electron chi connectivity index (χ1n) is 15.0. The molecule has 5 nitrogen and oxygen atoms in total. The van der Waals surface area contributed by atoms with Gasteiger partial charge in [-0.3, -0.25) is 4.79 Å². The number of terminal acetylenes is 1. The van der Waals surface area contributed by atoms with Crippen molar-refractivity contribution >= 4 is 36.0 Å². The van der Waals surface area contributed by atoms with E-state index in [-0.39, 0.29) is 5.78 Å². The Morgan fingerprint density at radius 2 is 1.40 bits per heavy atom. The van der Waals surface area contributed by atoms with Gasteiger partial charge in [0.25, 0.3) is 0 Å². The molecule has 0 amide bonds. The van der Waals surface area contributed by atoms with Crippen molar-refractivity contribution in [1.82, 2.24) is 5.32 Å². The molecule has 0 aromatic heterocycles. The van der Waals surface area contributed by atoms with E-state index in [1.807, 2.05) is 61.5 Å². The van der Waals surface area contributed by atoms with Crippen LogP contribution in [0.2, 0.25) is 0 Å². The fourth-order valence-corrected chi connectivity index (χ4v) is 4.72. The monoisotopic (exact) mass is 619 g/mol. The van der Waals surface area contributed by atoms with Gasteiger partial charge in [-0.05, 0) is 18.9 Å². The van der Waals surface area contributed by atoms with Crippen LogP contribution in [0.5, 0.6) is 0 Å². The quantitative estimate of drug-likeness (QED) is 0.314. The molecule has 7 heteroatoms. The maximum atomic E-state index is 12.5. The summed E-state index contributed by atoms with van der Waals surface area (Å²) < 4.78 is 6.71. The minimum atomic E-state index is -1.79. The number of allylic oxidation sites excluding steroid dienone is 1. The molecule has 1 aliphatic heterocycles. The van der Waals surface area contributed by atoms with Crippen molar-refractivity contribution in [3.05, 3.63) is 108 Å². The van der Waals surface area contributed by atoms with E-state index in [9.17, 15) is 4.79 Å². The molecule has 0 spiro atoms. The van der Waals surface area contributed by atoms with E-state index in [4.69, 9.17) is 11.1 Å². The van der Waals surface area contributed by atoms with Crippen LogP contribution in [0.4, 0.5) is 0 Å². The van der Waals surface area contributed by atoms with E-state index >= 15 is 0 Å². The first kappa shape index (κ1) is 35.7. The Kier molecular flexibility index (Phi) is 15.1. The van der Waals surface area contributed by atoms with Gasteiger partial charge in [-0.25, -0.2) is 0 Å². The van der Waals surface area contributed by atoms with Crippen LogP contribution in [0, 0.1) is 83.4 Å². The van der Waals surface area contributed by atoms with Crippen molar-refractivity contribution in [3.63, 3.8) is 0 Å². The average molecular weight is 619 g/mol. The molecule has 0 saturated carbocycles. The SMILES string of the molecule is C#CC#CC#CC#CN=BC#CC#CC#CC.CC(=O)C1=C(NCCc2ccccc2)O[B-](c2ccccc2)(c2ccccc2)[NH+]=C1C. The van der Waals surface area contributed by atoms with Gasteiger partial charge in [0.1, 0.15) is 11.3 Å². The summed E-state index contributed by atoms with van der Waals surface area (Å²) in [6.45, 7) is 4.10.